The van der Waals surface area contributed by atoms with Crippen LogP contribution < -0.4 is 15.4 Å². The van der Waals surface area contributed by atoms with Crippen LogP contribution >= 0.6 is 12.4 Å². The summed E-state index contributed by atoms with van der Waals surface area (Å²) >= 11 is 0. The van der Waals surface area contributed by atoms with Crippen molar-refractivity contribution >= 4 is 18.3 Å². The zero-order valence-corrected chi connectivity index (χ0v) is 15.3. The minimum Gasteiger partial charge on any atom is -0.483 e. The number of halogens is 4. The smallest absolute Gasteiger partial charge is 0.419 e. The maximum absolute atomic E-state index is 12.9. The summed E-state index contributed by atoms with van der Waals surface area (Å²) in [6.07, 6.45) is -2.80. The van der Waals surface area contributed by atoms with Crippen LogP contribution in [-0.2, 0) is 15.7 Å². The van der Waals surface area contributed by atoms with Gasteiger partial charge < -0.3 is 20.1 Å². The van der Waals surface area contributed by atoms with E-state index >= 15 is 0 Å². The van der Waals surface area contributed by atoms with Crippen LogP contribution in [-0.4, -0.2) is 45.9 Å². The van der Waals surface area contributed by atoms with E-state index < -0.39 is 24.3 Å². The molecule has 0 spiro atoms. The first-order valence-electron chi connectivity index (χ1n) is 8.12. The molecule has 26 heavy (non-hydrogen) atoms. The number of benzene rings is 1. The van der Waals surface area contributed by atoms with E-state index in [2.05, 4.69) is 10.6 Å². The number of carbonyl (C=O) groups is 1. The summed E-state index contributed by atoms with van der Waals surface area (Å²) in [4.78, 5) is 12.0. The first-order valence-corrected chi connectivity index (χ1v) is 8.12. The summed E-state index contributed by atoms with van der Waals surface area (Å²) in [5, 5.41) is 6.01. The van der Waals surface area contributed by atoms with Gasteiger partial charge in [-0.2, -0.15) is 13.2 Å². The third-order valence-corrected chi connectivity index (χ3v) is 4.33. The molecule has 0 aliphatic carbocycles. The van der Waals surface area contributed by atoms with Crippen LogP contribution in [0.2, 0.25) is 0 Å². The average Bonchev–Trinajstić information content (AvgIpc) is 2.59. The molecule has 148 valence electrons. The van der Waals surface area contributed by atoms with Crippen molar-refractivity contribution in [1.29, 1.82) is 0 Å². The van der Waals surface area contributed by atoms with Crippen molar-refractivity contribution in [1.82, 2.24) is 10.6 Å². The number of alkyl halides is 3. The number of hydrogen-bond donors (Lipinski definition) is 2. The number of para-hydroxylation sites is 1. The normalized spacial score (nSPS) is 16.5. The maximum Gasteiger partial charge on any atom is 0.419 e. The molecule has 0 saturated carbocycles. The summed E-state index contributed by atoms with van der Waals surface area (Å²) in [6, 6.07) is 4.84. The summed E-state index contributed by atoms with van der Waals surface area (Å²) in [7, 11) is 1.61. The van der Waals surface area contributed by atoms with Gasteiger partial charge in [0.25, 0.3) is 5.91 Å². The topological polar surface area (TPSA) is 59.6 Å². The Morgan fingerprint density at radius 3 is 2.54 bits per heavy atom. The van der Waals surface area contributed by atoms with E-state index in [4.69, 9.17) is 9.47 Å². The van der Waals surface area contributed by atoms with E-state index in [1.165, 1.54) is 18.2 Å². The molecule has 1 amide bonds. The number of piperidine rings is 1. The Balaban J connectivity index is 0.00000338. The van der Waals surface area contributed by atoms with E-state index in [1.807, 2.05) is 0 Å². The molecule has 0 bridgehead atoms. The fraction of sp³-hybridized carbons (Fsp3) is 0.588. The van der Waals surface area contributed by atoms with Gasteiger partial charge in [0.05, 0.1) is 12.2 Å². The highest BCUT2D eigenvalue weighted by molar-refractivity contribution is 5.85. The number of hydrogen-bond acceptors (Lipinski definition) is 4. The lowest BCUT2D eigenvalue weighted by Crippen LogP contribution is -2.47. The van der Waals surface area contributed by atoms with Gasteiger partial charge >= 0.3 is 6.18 Å². The number of methoxy groups -OCH3 is 1. The molecule has 0 aromatic heterocycles. The van der Waals surface area contributed by atoms with Crippen LogP contribution in [0, 0.1) is 5.41 Å². The van der Waals surface area contributed by atoms with E-state index in [9.17, 15) is 18.0 Å². The minimum absolute atomic E-state index is 0. The van der Waals surface area contributed by atoms with E-state index in [0.29, 0.717) is 13.2 Å². The Bertz CT molecular complexity index is 573. The van der Waals surface area contributed by atoms with Gasteiger partial charge in [-0.15, -0.1) is 12.4 Å². The third-order valence-electron chi connectivity index (χ3n) is 4.33. The molecule has 2 N–H and O–H groups in total. The Hall–Kier alpha value is -1.51. The number of ether oxygens (including phenoxy) is 2. The maximum atomic E-state index is 12.9. The quantitative estimate of drug-likeness (QED) is 0.744. The molecule has 1 heterocycles. The zero-order valence-electron chi connectivity index (χ0n) is 14.5. The fourth-order valence-electron chi connectivity index (χ4n) is 2.94. The summed E-state index contributed by atoms with van der Waals surface area (Å²) in [5.74, 6) is -0.801. The lowest BCUT2D eigenvalue weighted by atomic mass is 9.79. The van der Waals surface area contributed by atoms with Crippen LogP contribution in [0.4, 0.5) is 13.2 Å². The first-order chi connectivity index (χ1) is 11.9. The number of rotatable bonds is 7. The van der Waals surface area contributed by atoms with Gasteiger partial charge in [0.1, 0.15) is 5.75 Å². The van der Waals surface area contributed by atoms with Gasteiger partial charge in [0.2, 0.25) is 0 Å². The van der Waals surface area contributed by atoms with Crippen molar-refractivity contribution in [2.24, 2.45) is 5.41 Å². The minimum atomic E-state index is -4.52. The molecule has 0 unspecified atom stereocenters. The highest BCUT2D eigenvalue weighted by Crippen LogP contribution is 2.35. The van der Waals surface area contributed by atoms with Crippen molar-refractivity contribution in [3.8, 4) is 5.75 Å². The van der Waals surface area contributed by atoms with Crippen LogP contribution in [0.3, 0.4) is 0 Å². The van der Waals surface area contributed by atoms with Crippen LogP contribution in [0.25, 0.3) is 0 Å². The van der Waals surface area contributed by atoms with Gasteiger partial charge in [-0.25, -0.2) is 0 Å². The van der Waals surface area contributed by atoms with Crippen molar-refractivity contribution in [2.45, 2.75) is 19.0 Å². The Labute approximate surface area is 157 Å². The monoisotopic (exact) mass is 396 g/mol. The summed E-state index contributed by atoms with van der Waals surface area (Å²) in [5.41, 5.74) is -1.04. The van der Waals surface area contributed by atoms with Gasteiger partial charge in [-0.3, -0.25) is 4.79 Å². The molecule has 0 radical (unpaired) electrons. The Kier molecular flexibility index (Phi) is 8.66. The van der Waals surface area contributed by atoms with Crippen molar-refractivity contribution in [3.63, 3.8) is 0 Å². The highest BCUT2D eigenvalue weighted by atomic mass is 35.5. The molecule has 1 aliphatic rings. The fourth-order valence-corrected chi connectivity index (χ4v) is 2.94. The van der Waals surface area contributed by atoms with Crippen LogP contribution in [0.15, 0.2) is 24.3 Å². The molecule has 0 atom stereocenters. The second-order valence-corrected chi connectivity index (χ2v) is 6.24. The third kappa shape index (κ3) is 6.34. The van der Waals surface area contributed by atoms with E-state index in [0.717, 1.165) is 32.0 Å². The molecule has 1 aliphatic heterocycles. The van der Waals surface area contributed by atoms with E-state index in [-0.39, 0.29) is 23.6 Å². The predicted molar refractivity (Wildman–Crippen MR) is 93.6 cm³/mol. The summed E-state index contributed by atoms with van der Waals surface area (Å²) in [6.45, 7) is 2.15. The Morgan fingerprint density at radius 1 is 1.27 bits per heavy atom. The van der Waals surface area contributed by atoms with E-state index in [1.54, 1.807) is 7.11 Å². The first kappa shape index (κ1) is 22.5. The predicted octanol–water partition coefficient (Wildman–Crippen LogP) is 2.64. The summed E-state index contributed by atoms with van der Waals surface area (Å²) < 4.78 is 49.0. The van der Waals surface area contributed by atoms with Crippen molar-refractivity contribution in [3.05, 3.63) is 29.8 Å². The zero-order chi connectivity index (χ0) is 18.3. The van der Waals surface area contributed by atoms with Gasteiger partial charge in [-0.05, 0) is 38.1 Å². The average molecular weight is 397 g/mol. The highest BCUT2D eigenvalue weighted by Gasteiger charge is 2.35. The second kappa shape index (κ2) is 9.99. The van der Waals surface area contributed by atoms with Gasteiger partial charge in [-0.1, -0.05) is 12.1 Å². The van der Waals surface area contributed by atoms with Gasteiger partial charge in [0, 0.05) is 19.1 Å². The van der Waals surface area contributed by atoms with Crippen molar-refractivity contribution < 1.29 is 27.4 Å². The molecule has 1 aromatic rings. The molecule has 1 fully saturated rings. The lowest BCUT2D eigenvalue weighted by Gasteiger charge is -2.37. The Morgan fingerprint density at radius 2 is 1.92 bits per heavy atom. The molecular formula is C17H24ClF3N2O3. The second-order valence-electron chi connectivity index (χ2n) is 6.24. The molecule has 1 aromatic carbocycles. The SMILES string of the molecule is COCC1(CNC(=O)COc2ccccc2C(F)(F)F)CCNCC1.Cl. The molecule has 2 rings (SSSR count). The number of carbonyl (C=O) groups excluding carboxylic acids is 1. The van der Waals surface area contributed by atoms with Crippen LogP contribution in [0.5, 0.6) is 5.75 Å². The number of amides is 1. The molecule has 5 nitrogen and oxygen atoms in total. The van der Waals surface area contributed by atoms with Gasteiger partial charge in [0.15, 0.2) is 6.61 Å². The van der Waals surface area contributed by atoms with Crippen molar-refractivity contribution in [2.75, 3.05) is 40.0 Å². The largest absolute Gasteiger partial charge is 0.483 e. The number of nitrogens with one attached hydrogen (secondary N) is 2. The molecule has 1 saturated heterocycles. The lowest BCUT2D eigenvalue weighted by molar-refractivity contribution is -0.139. The molecule has 9 heteroatoms. The van der Waals surface area contributed by atoms with Crippen LogP contribution in [0.1, 0.15) is 18.4 Å². The standard InChI is InChI=1S/C17H23F3N2O3.ClH/c1-24-12-16(6-8-21-9-7-16)11-22-15(23)10-25-14-5-3-2-4-13(14)17(18,19)20;/h2-5,21H,6-12H2,1H3,(H,22,23);1H. The molecular weight excluding hydrogens is 373 g/mol.